The number of aromatic nitrogens is 4. The second kappa shape index (κ2) is 6.66. The smallest absolute Gasteiger partial charge is 0.323 e. The number of aromatic amines is 1. The lowest BCUT2D eigenvalue weighted by Gasteiger charge is -2.13. The summed E-state index contributed by atoms with van der Waals surface area (Å²) in [7, 11) is -1.59. The number of hydrogen-bond acceptors (Lipinski definition) is 6. The van der Waals surface area contributed by atoms with Crippen LogP contribution in [0.1, 0.15) is 27.8 Å². The van der Waals surface area contributed by atoms with Gasteiger partial charge in [0.05, 0.1) is 36.3 Å². The summed E-state index contributed by atoms with van der Waals surface area (Å²) < 4.78 is 85.7. The summed E-state index contributed by atoms with van der Waals surface area (Å²) in [5.74, 6) is -0.417. The molecule has 1 N–H and O–H groups in total. The lowest BCUT2D eigenvalue weighted by molar-refractivity contribution is 0.399. The van der Waals surface area contributed by atoms with Gasteiger partial charge in [0.2, 0.25) is 5.88 Å². The minimum absolute atomic E-state index is 0.0292. The van der Waals surface area contributed by atoms with Crippen molar-refractivity contribution in [1.82, 2.24) is 19.9 Å². The highest BCUT2D eigenvalue weighted by Gasteiger charge is 2.21. The van der Waals surface area contributed by atoms with E-state index in [1.165, 1.54) is 21.0 Å². The summed E-state index contributed by atoms with van der Waals surface area (Å²) in [5.41, 5.74) is -3.25. The highest BCUT2D eigenvalue weighted by atomic mass is 32.2. The molecule has 7 nitrogen and oxygen atoms in total. The van der Waals surface area contributed by atoms with E-state index in [0.717, 1.165) is 0 Å². The number of ether oxygens (including phenoxy) is 2. The Morgan fingerprint density at radius 1 is 1.38 bits per heavy atom. The summed E-state index contributed by atoms with van der Waals surface area (Å²) in [6.45, 7) is 2.76. The standard InChI is InChI=1S/C16H18N4O3S/c1-9-7-17-12(10(2)14(9)23-4)8-24(21)16-18-11-5-6-13(22-3)19-15(11)20-16/h5-7H,8H2,1-4H3,(H,18,19,20)/i4D3,5D,6D,7D,8D2. The first-order chi connectivity index (χ1) is 14.7. The van der Waals surface area contributed by atoms with Crippen LogP contribution in [0.2, 0.25) is 0 Å². The van der Waals surface area contributed by atoms with Crippen molar-refractivity contribution in [3.05, 3.63) is 35.1 Å². The first-order valence-corrected chi connectivity index (χ1v) is 7.84. The van der Waals surface area contributed by atoms with Gasteiger partial charge in [0, 0.05) is 34.5 Å². The van der Waals surface area contributed by atoms with Gasteiger partial charge in [-0.05, 0) is 19.9 Å². The van der Waals surface area contributed by atoms with E-state index in [4.69, 9.17) is 20.4 Å². The molecule has 0 amide bonds. The van der Waals surface area contributed by atoms with Gasteiger partial charge in [-0.2, -0.15) is 9.97 Å². The lowest BCUT2D eigenvalue weighted by Crippen LogP contribution is -2.10. The maximum atomic E-state index is 13.2. The molecule has 3 aromatic heterocycles. The van der Waals surface area contributed by atoms with Crippen LogP contribution in [0.4, 0.5) is 0 Å². The molecule has 3 aromatic rings. The van der Waals surface area contributed by atoms with Gasteiger partial charge < -0.3 is 14.0 Å². The van der Waals surface area contributed by atoms with E-state index in [0.29, 0.717) is 0 Å². The van der Waals surface area contributed by atoms with Crippen molar-refractivity contribution < 1.29 is 25.0 Å². The number of pyridine rings is 2. The first-order valence-electron chi connectivity index (χ1n) is 10.7. The minimum atomic E-state index is -2.85. The predicted octanol–water partition coefficient (Wildman–Crippen LogP) is 2.29. The Morgan fingerprint density at radius 2 is 2.21 bits per heavy atom. The van der Waals surface area contributed by atoms with Gasteiger partial charge in [0.15, 0.2) is 11.4 Å². The number of imidazole rings is 1. The Bertz CT molecular complexity index is 1200. The van der Waals surface area contributed by atoms with Crippen LogP contribution in [-0.2, 0) is 16.9 Å². The summed E-state index contributed by atoms with van der Waals surface area (Å²) in [4.78, 5) is 14.4. The average molecular weight is 354 g/mol. The van der Waals surface area contributed by atoms with Crippen LogP contribution in [0.3, 0.4) is 0 Å². The molecule has 0 aliphatic carbocycles. The van der Waals surface area contributed by atoms with Crippen LogP contribution < -0.4 is 9.47 Å². The summed E-state index contributed by atoms with van der Waals surface area (Å²) in [6, 6.07) is -0.653. The maximum absolute atomic E-state index is 13.2. The molecule has 126 valence electrons. The third kappa shape index (κ3) is 3.02. The number of nitrogens with one attached hydrogen (secondary N) is 1. The van der Waals surface area contributed by atoms with Gasteiger partial charge in [0.1, 0.15) is 5.75 Å². The molecule has 8 heteroatoms. The van der Waals surface area contributed by atoms with Crippen LogP contribution >= 0.6 is 0 Å². The van der Waals surface area contributed by atoms with E-state index >= 15 is 0 Å². The molecule has 0 aliphatic rings. The van der Waals surface area contributed by atoms with Gasteiger partial charge in [0.25, 0.3) is 0 Å². The normalized spacial score (nSPS) is 18.3. The Balaban J connectivity index is 2.13. The van der Waals surface area contributed by atoms with Crippen molar-refractivity contribution in [2.24, 2.45) is 0 Å². The van der Waals surface area contributed by atoms with Crippen LogP contribution in [0.15, 0.2) is 23.4 Å². The van der Waals surface area contributed by atoms with Crippen LogP contribution in [0, 0.1) is 13.8 Å². The van der Waals surface area contributed by atoms with Crippen LogP contribution in [0.5, 0.6) is 11.6 Å². The molecule has 3 rings (SSSR count). The van der Waals surface area contributed by atoms with Crippen LogP contribution in [0.25, 0.3) is 11.2 Å². The van der Waals surface area contributed by atoms with Crippen molar-refractivity contribution in [1.29, 1.82) is 0 Å². The monoisotopic (exact) mass is 354 g/mol. The van der Waals surface area contributed by atoms with Crippen molar-refractivity contribution in [2.75, 3.05) is 14.1 Å². The minimum Gasteiger partial charge on any atom is -0.609 e. The summed E-state index contributed by atoms with van der Waals surface area (Å²) >= 11 is -2.56. The van der Waals surface area contributed by atoms with Crippen LogP contribution in [-0.4, -0.2) is 38.6 Å². The predicted molar refractivity (Wildman–Crippen MR) is 90.8 cm³/mol. The van der Waals surface area contributed by atoms with Crippen molar-refractivity contribution >= 4 is 22.3 Å². The second-order valence-electron chi connectivity index (χ2n) is 4.74. The molecule has 1 atom stereocenters. The second-order valence-corrected chi connectivity index (χ2v) is 5.86. The molecule has 0 fully saturated rings. The van der Waals surface area contributed by atoms with E-state index in [-0.39, 0.29) is 51.2 Å². The number of hydrogen-bond donors (Lipinski definition) is 1. The van der Waals surface area contributed by atoms with Crippen molar-refractivity contribution in [2.45, 2.75) is 24.7 Å². The topological polar surface area (TPSA) is 96.0 Å². The molecule has 24 heavy (non-hydrogen) atoms. The summed E-state index contributed by atoms with van der Waals surface area (Å²) in [5, 5.41) is -0.384. The number of fused-ring (bicyclic) bond motifs is 1. The summed E-state index contributed by atoms with van der Waals surface area (Å²) in [6.07, 6.45) is -0.436. The fourth-order valence-corrected chi connectivity index (χ4v) is 2.82. The molecule has 0 radical (unpaired) electrons. The molecule has 0 aromatic carbocycles. The van der Waals surface area contributed by atoms with Crippen molar-refractivity contribution in [3.63, 3.8) is 0 Å². The Kier molecular flexibility index (Phi) is 2.56. The first kappa shape index (κ1) is 9.24. The molecule has 0 bridgehead atoms. The third-order valence-corrected chi connectivity index (χ3v) is 4.12. The Morgan fingerprint density at radius 3 is 2.96 bits per heavy atom. The Labute approximate surface area is 153 Å². The molecule has 0 saturated carbocycles. The maximum Gasteiger partial charge on any atom is 0.323 e. The molecule has 0 spiro atoms. The number of H-pyrrole nitrogens is 1. The highest BCUT2D eigenvalue weighted by molar-refractivity contribution is 7.90. The molecule has 1 unspecified atom stereocenters. The van der Waals surface area contributed by atoms with E-state index in [1.807, 2.05) is 0 Å². The van der Waals surface area contributed by atoms with E-state index < -0.39 is 35.8 Å². The van der Waals surface area contributed by atoms with Gasteiger partial charge in [-0.3, -0.25) is 9.97 Å². The average Bonchev–Trinajstić information content (AvgIpc) is 3.13. The van der Waals surface area contributed by atoms with Gasteiger partial charge >= 0.3 is 5.16 Å². The molecule has 0 aliphatic heterocycles. The fraction of sp³-hybridized carbons (Fsp3) is 0.312. The Hall–Kier alpha value is -2.32. The third-order valence-electron chi connectivity index (χ3n) is 3.20. The number of nitrogens with zero attached hydrogens (tertiary/aromatic N) is 3. The highest BCUT2D eigenvalue weighted by Crippen LogP contribution is 2.26. The van der Waals surface area contributed by atoms with Crippen molar-refractivity contribution in [3.8, 4) is 11.6 Å². The zero-order valence-corrected chi connectivity index (χ0v) is 13.8. The molecule has 0 saturated heterocycles. The SMILES string of the molecule is [2H]c1nc(C([2H])([2H])[S+]([O-])c2nc3nc(OC)c([2H])c([2H])c3[nH]2)c(C)c(OC([2H])([2H])[2H])c1C. The van der Waals surface area contributed by atoms with E-state index in [1.54, 1.807) is 0 Å². The fourth-order valence-electron chi connectivity index (χ4n) is 1.99. The largest absolute Gasteiger partial charge is 0.609 e. The molecular formula is C16H18N4O3S. The quantitative estimate of drug-likeness (QED) is 0.706. The van der Waals surface area contributed by atoms with E-state index in [9.17, 15) is 4.55 Å². The molecular weight excluding hydrogens is 328 g/mol. The van der Waals surface area contributed by atoms with Gasteiger partial charge in [-0.15, -0.1) is 0 Å². The van der Waals surface area contributed by atoms with Gasteiger partial charge in [-0.1, -0.05) is 0 Å². The lowest BCUT2D eigenvalue weighted by atomic mass is 10.1. The zero-order chi connectivity index (χ0) is 24.2. The van der Waals surface area contributed by atoms with E-state index in [2.05, 4.69) is 19.9 Å². The zero-order valence-electron chi connectivity index (χ0n) is 21.0. The van der Waals surface area contributed by atoms with Gasteiger partial charge in [-0.25, -0.2) is 0 Å². The number of rotatable bonds is 5. The molecule has 3 heterocycles. The number of methoxy groups -OCH3 is 2.